The van der Waals surface area contributed by atoms with Crippen LogP contribution in [0.15, 0.2) is 17.2 Å². The minimum absolute atomic E-state index is 0.454. The zero-order valence-corrected chi connectivity index (χ0v) is 10.3. The maximum atomic E-state index is 5.68. The average Bonchev–Trinajstić information content (AvgIpc) is 2.92. The van der Waals surface area contributed by atoms with E-state index in [1.54, 1.807) is 11.8 Å². The quantitative estimate of drug-likeness (QED) is 0.487. The lowest BCUT2D eigenvalue weighted by molar-refractivity contribution is 0.299. The van der Waals surface area contributed by atoms with Gasteiger partial charge < -0.3 is 4.74 Å². The molecule has 0 bridgehead atoms. The lowest BCUT2D eigenvalue weighted by atomic mass is 10.5. The number of nitrogens with zero attached hydrogens (tertiary/aromatic N) is 1. The molecule has 0 saturated heterocycles. The standard InChI is InChI=1S/C9H10INOS/c1-13-8-5-4-7(9(10)11-8)12-6-2-3-6/h4-6H,2-3H2,1H3. The van der Waals surface area contributed by atoms with Crippen LogP contribution in [0.5, 0.6) is 5.75 Å². The molecule has 1 saturated carbocycles. The summed E-state index contributed by atoms with van der Waals surface area (Å²) >= 11 is 3.88. The number of pyridine rings is 1. The van der Waals surface area contributed by atoms with Crippen LogP contribution in [0.25, 0.3) is 0 Å². The topological polar surface area (TPSA) is 22.1 Å². The van der Waals surface area contributed by atoms with Crippen molar-refractivity contribution in [3.8, 4) is 5.75 Å². The van der Waals surface area contributed by atoms with Crippen molar-refractivity contribution in [2.24, 2.45) is 0 Å². The lowest BCUT2D eigenvalue weighted by Gasteiger charge is -2.06. The van der Waals surface area contributed by atoms with E-state index >= 15 is 0 Å². The van der Waals surface area contributed by atoms with Gasteiger partial charge in [0.1, 0.15) is 3.70 Å². The van der Waals surface area contributed by atoms with Gasteiger partial charge in [0.15, 0.2) is 5.75 Å². The Balaban J connectivity index is 2.15. The average molecular weight is 307 g/mol. The first-order valence-corrected chi connectivity index (χ1v) is 6.47. The van der Waals surface area contributed by atoms with Crippen LogP contribution < -0.4 is 4.74 Å². The van der Waals surface area contributed by atoms with Crippen LogP contribution in [0.3, 0.4) is 0 Å². The van der Waals surface area contributed by atoms with E-state index in [2.05, 4.69) is 27.6 Å². The first-order chi connectivity index (χ1) is 6.29. The monoisotopic (exact) mass is 307 g/mol. The molecule has 4 heteroatoms. The molecule has 1 aliphatic carbocycles. The maximum absolute atomic E-state index is 5.68. The van der Waals surface area contributed by atoms with Crippen molar-refractivity contribution in [1.29, 1.82) is 0 Å². The summed E-state index contributed by atoms with van der Waals surface area (Å²) in [6.07, 6.45) is 4.87. The van der Waals surface area contributed by atoms with Crippen LogP contribution in [-0.4, -0.2) is 17.3 Å². The van der Waals surface area contributed by atoms with Crippen molar-refractivity contribution >= 4 is 34.4 Å². The molecule has 0 aromatic carbocycles. The molecule has 0 N–H and O–H groups in total. The Bertz CT molecular complexity index is 314. The molecule has 2 rings (SSSR count). The molecule has 1 fully saturated rings. The smallest absolute Gasteiger partial charge is 0.151 e. The molecular formula is C9H10INOS. The molecule has 0 atom stereocenters. The third-order valence-corrected chi connectivity index (χ3v) is 3.23. The van der Waals surface area contributed by atoms with Gasteiger partial charge in [0.25, 0.3) is 0 Å². The van der Waals surface area contributed by atoms with Crippen molar-refractivity contribution in [2.45, 2.75) is 24.0 Å². The van der Waals surface area contributed by atoms with Gasteiger partial charge >= 0.3 is 0 Å². The number of rotatable bonds is 3. The van der Waals surface area contributed by atoms with Crippen molar-refractivity contribution in [2.75, 3.05) is 6.26 Å². The van der Waals surface area contributed by atoms with Gasteiger partial charge in [-0.1, -0.05) is 0 Å². The molecule has 1 heterocycles. The Morgan fingerprint density at radius 2 is 2.31 bits per heavy atom. The minimum atomic E-state index is 0.454. The molecule has 0 aliphatic heterocycles. The Labute approximate surface area is 95.6 Å². The highest BCUT2D eigenvalue weighted by Crippen LogP contribution is 2.30. The van der Waals surface area contributed by atoms with Crippen LogP contribution in [0.1, 0.15) is 12.8 Å². The fourth-order valence-corrected chi connectivity index (χ4v) is 2.09. The largest absolute Gasteiger partial charge is 0.488 e. The third kappa shape index (κ3) is 2.49. The Morgan fingerprint density at radius 3 is 2.85 bits per heavy atom. The molecular weight excluding hydrogens is 297 g/mol. The van der Waals surface area contributed by atoms with E-state index in [0.717, 1.165) is 14.5 Å². The molecule has 1 aromatic rings. The van der Waals surface area contributed by atoms with E-state index in [-0.39, 0.29) is 0 Å². The van der Waals surface area contributed by atoms with E-state index in [1.807, 2.05) is 18.4 Å². The number of thioether (sulfide) groups is 1. The second-order valence-corrected chi connectivity index (χ2v) is 4.81. The molecule has 2 nitrogen and oxygen atoms in total. The summed E-state index contributed by atoms with van der Waals surface area (Å²) in [5.41, 5.74) is 0. The Kier molecular flexibility index (Phi) is 2.98. The van der Waals surface area contributed by atoms with E-state index in [9.17, 15) is 0 Å². The number of halogens is 1. The van der Waals surface area contributed by atoms with Gasteiger partial charge in [0.05, 0.1) is 11.1 Å². The maximum Gasteiger partial charge on any atom is 0.151 e. The molecule has 70 valence electrons. The van der Waals surface area contributed by atoms with Gasteiger partial charge in [-0.3, -0.25) is 0 Å². The Morgan fingerprint density at radius 1 is 1.54 bits per heavy atom. The lowest BCUT2D eigenvalue weighted by Crippen LogP contribution is -1.99. The molecule has 0 unspecified atom stereocenters. The zero-order valence-electron chi connectivity index (χ0n) is 7.29. The molecule has 0 radical (unpaired) electrons. The first-order valence-electron chi connectivity index (χ1n) is 4.17. The van der Waals surface area contributed by atoms with Gasteiger partial charge in [0, 0.05) is 0 Å². The molecule has 0 spiro atoms. The highest BCUT2D eigenvalue weighted by Gasteiger charge is 2.24. The van der Waals surface area contributed by atoms with Crippen molar-refractivity contribution in [1.82, 2.24) is 4.98 Å². The highest BCUT2D eigenvalue weighted by molar-refractivity contribution is 14.1. The summed E-state index contributed by atoms with van der Waals surface area (Å²) in [5.74, 6) is 0.931. The van der Waals surface area contributed by atoms with Gasteiger partial charge in [-0.15, -0.1) is 11.8 Å². The molecule has 0 amide bonds. The summed E-state index contributed by atoms with van der Waals surface area (Å²) < 4.78 is 6.65. The van der Waals surface area contributed by atoms with Gasteiger partial charge in [-0.25, -0.2) is 4.98 Å². The molecule has 13 heavy (non-hydrogen) atoms. The minimum Gasteiger partial charge on any atom is -0.488 e. The fraction of sp³-hybridized carbons (Fsp3) is 0.444. The second kappa shape index (κ2) is 4.04. The fourth-order valence-electron chi connectivity index (χ4n) is 0.972. The summed E-state index contributed by atoms with van der Waals surface area (Å²) in [7, 11) is 0. The summed E-state index contributed by atoms with van der Waals surface area (Å²) in [4.78, 5) is 4.40. The predicted octanol–water partition coefficient (Wildman–Crippen LogP) is 2.95. The van der Waals surface area contributed by atoms with E-state index in [4.69, 9.17) is 4.74 Å². The van der Waals surface area contributed by atoms with Gasteiger partial charge in [0.2, 0.25) is 0 Å². The number of hydrogen-bond donors (Lipinski definition) is 0. The van der Waals surface area contributed by atoms with E-state index in [0.29, 0.717) is 6.10 Å². The zero-order chi connectivity index (χ0) is 9.26. The third-order valence-electron chi connectivity index (χ3n) is 1.82. The van der Waals surface area contributed by atoms with E-state index in [1.165, 1.54) is 12.8 Å². The summed E-state index contributed by atoms with van der Waals surface area (Å²) in [5, 5.41) is 1.05. The summed E-state index contributed by atoms with van der Waals surface area (Å²) in [6.45, 7) is 0. The van der Waals surface area contributed by atoms with E-state index < -0.39 is 0 Å². The van der Waals surface area contributed by atoms with Crippen LogP contribution in [0, 0.1) is 3.70 Å². The second-order valence-electron chi connectivity index (χ2n) is 2.96. The van der Waals surface area contributed by atoms with Crippen molar-refractivity contribution in [3.63, 3.8) is 0 Å². The number of hydrogen-bond acceptors (Lipinski definition) is 3. The van der Waals surface area contributed by atoms with Crippen LogP contribution in [0.2, 0.25) is 0 Å². The molecule has 1 aromatic heterocycles. The first kappa shape index (κ1) is 9.58. The van der Waals surface area contributed by atoms with Gasteiger partial charge in [-0.2, -0.15) is 0 Å². The van der Waals surface area contributed by atoms with Crippen LogP contribution >= 0.6 is 34.4 Å². The number of ether oxygens (including phenoxy) is 1. The van der Waals surface area contributed by atoms with Crippen molar-refractivity contribution in [3.05, 3.63) is 15.8 Å². The van der Waals surface area contributed by atoms with Crippen molar-refractivity contribution < 1.29 is 4.74 Å². The number of aromatic nitrogens is 1. The molecule has 1 aliphatic rings. The highest BCUT2D eigenvalue weighted by atomic mass is 127. The summed E-state index contributed by atoms with van der Waals surface area (Å²) in [6, 6.07) is 4.02. The SMILES string of the molecule is CSc1ccc(OC2CC2)c(I)n1. The van der Waals surface area contributed by atoms with Gasteiger partial charge in [-0.05, 0) is 53.8 Å². The predicted molar refractivity (Wildman–Crippen MR) is 62.4 cm³/mol. The van der Waals surface area contributed by atoms with Crippen LogP contribution in [0.4, 0.5) is 0 Å². The normalized spacial score (nSPS) is 15.8. The van der Waals surface area contributed by atoms with Crippen LogP contribution in [-0.2, 0) is 0 Å². The Hall–Kier alpha value is 0.0300.